The highest BCUT2D eigenvalue weighted by Gasteiger charge is 2.42. The van der Waals surface area contributed by atoms with Crippen LogP contribution in [0.25, 0.3) is 11.1 Å². The molecule has 0 unspecified atom stereocenters. The van der Waals surface area contributed by atoms with Gasteiger partial charge in [0, 0.05) is 17.7 Å². The molecule has 0 aliphatic heterocycles. The summed E-state index contributed by atoms with van der Waals surface area (Å²) in [6, 6.07) is 6.41. The lowest BCUT2D eigenvalue weighted by molar-refractivity contribution is -0.189. The Labute approximate surface area is 230 Å². The maximum atomic E-state index is 14.8. The molecule has 0 aliphatic rings. The summed E-state index contributed by atoms with van der Waals surface area (Å²) in [6.45, 7) is 1.89. The lowest BCUT2D eigenvalue weighted by Gasteiger charge is -2.21. The van der Waals surface area contributed by atoms with Crippen molar-refractivity contribution in [3.63, 3.8) is 0 Å². The second kappa shape index (κ2) is 11.5. The molecule has 0 bridgehead atoms. The third kappa shape index (κ3) is 6.14. The predicted octanol–water partition coefficient (Wildman–Crippen LogP) is 9.54. The average molecular weight is 606 g/mol. The highest BCUT2D eigenvalue weighted by atomic mass is 19.3. The SMILES string of the molecule is CCCc1ccc(C(F)(F)Oc2ccc(-c3cc(F)c(C(F)(F)Oc4cc(F)c(F)c(F)c4)c(F)c3)c(F)c2F)cc1. The maximum absolute atomic E-state index is 14.8. The second-order valence-electron chi connectivity index (χ2n) is 8.94. The summed E-state index contributed by atoms with van der Waals surface area (Å²) in [5, 5.41) is 0. The number of hydrogen-bond donors (Lipinski definition) is 0. The fourth-order valence-electron chi connectivity index (χ4n) is 3.98. The Morgan fingerprint density at radius 2 is 1.17 bits per heavy atom. The smallest absolute Gasteiger partial charge is 0.429 e. The van der Waals surface area contributed by atoms with Crippen LogP contribution in [0.5, 0.6) is 11.5 Å². The number of halogens is 11. The van der Waals surface area contributed by atoms with E-state index in [-0.39, 0.29) is 24.3 Å². The van der Waals surface area contributed by atoms with Crippen LogP contribution in [0.15, 0.2) is 60.7 Å². The predicted molar refractivity (Wildman–Crippen MR) is 128 cm³/mol. The Kier molecular flexibility index (Phi) is 8.42. The van der Waals surface area contributed by atoms with Gasteiger partial charge in [0.05, 0.1) is 5.56 Å². The highest BCUT2D eigenvalue weighted by molar-refractivity contribution is 5.66. The number of rotatable bonds is 9. The molecule has 222 valence electrons. The third-order valence-electron chi connectivity index (χ3n) is 5.96. The van der Waals surface area contributed by atoms with Crippen LogP contribution in [0.1, 0.15) is 30.0 Å². The summed E-state index contributed by atoms with van der Waals surface area (Å²) in [7, 11) is 0. The van der Waals surface area contributed by atoms with E-state index in [0.29, 0.717) is 18.6 Å². The number of benzene rings is 4. The molecule has 0 radical (unpaired) electrons. The lowest BCUT2D eigenvalue weighted by atomic mass is 10.0. The van der Waals surface area contributed by atoms with Crippen LogP contribution >= 0.6 is 0 Å². The molecule has 0 heterocycles. The topological polar surface area (TPSA) is 18.5 Å². The van der Waals surface area contributed by atoms with Crippen LogP contribution in [0, 0.1) is 40.7 Å². The van der Waals surface area contributed by atoms with Gasteiger partial charge in [0.15, 0.2) is 29.0 Å². The zero-order chi connectivity index (χ0) is 31.0. The molecule has 0 spiro atoms. The first kappa shape index (κ1) is 30.7. The van der Waals surface area contributed by atoms with E-state index in [9.17, 15) is 48.3 Å². The van der Waals surface area contributed by atoms with Crippen LogP contribution in [0.4, 0.5) is 48.3 Å². The molecule has 0 aromatic heterocycles. The van der Waals surface area contributed by atoms with Gasteiger partial charge in [-0.1, -0.05) is 25.5 Å². The van der Waals surface area contributed by atoms with Crippen molar-refractivity contribution >= 4 is 0 Å². The van der Waals surface area contributed by atoms with E-state index in [1.54, 1.807) is 0 Å². The molecule has 13 heteroatoms. The van der Waals surface area contributed by atoms with Crippen LogP contribution in [0.2, 0.25) is 0 Å². The number of ether oxygens (including phenoxy) is 2. The Morgan fingerprint density at radius 3 is 1.71 bits per heavy atom. The van der Waals surface area contributed by atoms with E-state index in [4.69, 9.17) is 0 Å². The molecule has 0 atom stereocenters. The van der Waals surface area contributed by atoms with E-state index in [0.717, 1.165) is 24.1 Å². The van der Waals surface area contributed by atoms with E-state index in [1.165, 1.54) is 12.1 Å². The summed E-state index contributed by atoms with van der Waals surface area (Å²) in [4.78, 5) is 0. The summed E-state index contributed by atoms with van der Waals surface area (Å²) >= 11 is 0. The fourth-order valence-corrected chi connectivity index (χ4v) is 3.98. The van der Waals surface area contributed by atoms with Gasteiger partial charge < -0.3 is 9.47 Å². The monoisotopic (exact) mass is 606 g/mol. The largest absolute Gasteiger partial charge is 0.432 e. The average Bonchev–Trinajstić information content (AvgIpc) is 2.89. The van der Waals surface area contributed by atoms with Crippen molar-refractivity contribution in [3.05, 3.63) is 118 Å². The molecule has 0 N–H and O–H groups in total. The van der Waals surface area contributed by atoms with E-state index in [1.807, 2.05) is 6.92 Å². The van der Waals surface area contributed by atoms with Crippen molar-refractivity contribution in [2.24, 2.45) is 0 Å². The van der Waals surface area contributed by atoms with Crippen LogP contribution in [0.3, 0.4) is 0 Å². The molecule has 0 amide bonds. The zero-order valence-electron chi connectivity index (χ0n) is 21.2. The molecule has 42 heavy (non-hydrogen) atoms. The quantitative estimate of drug-likeness (QED) is 0.140. The highest BCUT2D eigenvalue weighted by Crippen LogP contribution is 2.40. The normalized spacial score (nSPS) is 12.0. The van der Waals surface area contributed by atoms with Crippen molar-refractivity contribution < 1.29 is 57.8 Å². The van der Waals surface area contributed by atoms with Gasteiger partial charge in [-0.15, -0.1) is 0 Å². The molecule has 0 saturated carbocycles. The molecular weight excluding hydrogens is 589 g/mol. The van der Waals surface area contributed by atoms with Crippen LogP contribution < -0.4 is 9.47 Å². The van der Waals surface area contributed by atoms with Gasteiger partial charge in [-0.3, -0.25) is 0 Å². The first-order valence-corrected chi connectivity index (χ1v) is 12.0. The van der Waals surface area contributed by atoms with Crippen molar-refractivity contribution in [2.75, 3.05) is 0 Å². The van der Waals surface area contributed by atoms with E-state index < -0.39 is 86.7 Å². The standard InChI is InChI=1S/C29H17F11O2/c1-2-3-14-4-6-16(7-5-14)28(37,38)42-23-9-8-18(25(34)27(23)36)15-10-19(30)24(20(31)11-15)29(39,40)41-17-12-21(32)26(35)22(33)13-17/h4-13H,2-3H2,1H3. The molecule has 4 aromatic rings. The number of alkyl halides is 4. The van der Waals surface area contributed by atoms with Gasteiger partial charge >= 0.3 is 12.2 Å². The Morgan fingerprint density at radius 1 is 0.595 bits per heavy atom. The maximum Gasteiger partial charge on any atom is 0.432 e. The second-order valence-corrected chi connectivity index (χ2v) is 8.94. The molecule has 0 fully saturated rings. The van der Waals surface area contributed by atoms with Gasteiger partial charge in [-0.2, -0.15) is 22.0 Å². The summed E-state index contributed by atoms with van der Waals surface area (Å²) in [6.07, 6.45) is -7.66. The molecular formula is C29H17F11O2. The van der Waals surface area contributed by atoms with Crippen molar-refractivity contribution in [3.8, 4) is 22.6 Å². The van der Waals surface area contributed by atoms with Gasteiger partial charge in [-0.05, 0) is 53.9 Å². The number of aryl methyl sites for hydroxylation is 1. The van der Waals surface area contributed by atoms with Crippen LogP contribution in [-0.4, -0.2) is 0 Å². The summed E-state index contributed by atoms with van der Waals surface area (Å²) in [5.74, 6) is -16.4. The molecule has 4 rings (SSSR count). The van der Waals surface area contributed by atoms with Crippen molar-refractivity contribution in [1.29, 1.82) is 0 Å². The molecule has 2 nitrogen and oxygen atoms in total. The zero-order valence-corrected chi connectivity index (χ0v) is 21.2. The van der Waals surface area contributed by atoms with E-state index >= 15 is 0 Å². The van der Waals surface area contributed by atoms with Crippen molar-refractivity contribution in [2.45, 2.75) is 32.0 Å². The first-order valence-electron chi connectivity index (χ1n) is 12.0. The summed E-state index contributed by atoms with van der Waals surface area (Å²) < 4.78 is 165. The van der Waals surface area contributed by atoms with Gasteiger partial charge in [0.25, 0.3) is 0 Å². The lowest BCUT2D eigenvalue weighted by Crippen LogP contribution is -2.25. The summed E-state index contributed by atoms with van der Waals surface area (Å²) in [5.41, 5.74) is -3.73. The molecule has 0 aliphatic carbocycles. The Hall–Kier alpha value is -4.29. The Balaban J connectivity index is 1.62. The van der Waals surface area contributed by atoms with Gasteiger partial charge in [0.1, 0.15) is 22.9 Å². The van der Waals surface area contributed by atoms with E-state index in [2.05, 4.69) is 9.47 Å². The molecule has 0 saturated heterocycles. The first-order chi connectivity index (χ1) is 19.6. The fraction of sp³-hybridized carbons (Fsp3) is 0.172. The van der Waals surface area contributed by atoms with Gasteiger partial charge in [0.2, 0.25) is 5.82 Å². The van der Waals surface area contributed by atoms with Crippen LogP contribution in [-0.2, 0) is 18.6 Å². The minimum Gasteiger partial charge on any atom is -0.429 e. The minimum absolute atomic E-state index is 0.00327. The van der Waals surface area contributed by atoms with Gasteiger partial charge in [-0.25, -0.2) is 26.3 Å². The van der Waals surface area contributed by atoms with Crippen molar-refractivity contribution in [1.82, 2.24) is 0 Å². The third-order valence-corrected chi connectivity index (χ3v) is 5.96. The number of hydrogen-bond acceptors (Lipinski definition) is 2. The molecule has 4 aromatic carbocycles. The minimum atomic E-state index is -4.93. The Bertz CT molecular complexity index is 1570.